The standard InChI is InChI=1S/C24H25N5O4/c1-3-4-11-33-24(31)29-21(23(30)32-2)12-16-5-7-19(8-6-16)27-22-17(14-25)13-18-15-26-10-9-20(18)28-22/h5-10,13,15,21H,3-4,11-12H2,1-2H3,(H,27,28)(H,29,31). The Labute approximate surface area is 191 Å². The molecule has 2 aromatic heterocycles. The first-order chi connectivity index (χ1) is 16.0. The van der Waals surface area contributed by atoms with E-state index in [1.165, 1.54) is 7.11 Å². The number of hydrogen-bond acceptors (Lipinski definition) is 8. The van der Waals surface area contributed by atoms with E-state index in [9.17, 15) is 14.9 Å². The van der Waals surface area contributed by atoms with Gasteiger partial charge in [0.15, 0.2) is 0 Å². The molecule has 1 atom stereocenters. The van der Waals surface area contributed by atoms with E-state index in [1.54, 1.807) is 24.5 Å². The van der Waals surface area contributed by atoms with Gasteiger partial charge in [-0.05, 0) is 36.2 Å². The SMILES string of the molecule is CCCCOC(=O)NC(Cc1ccc(Nc2nc3ccncc3cc2C#N)cc1)C(=O)OC. The van der Waals surface area contributed by atoms with Gasteiger partial charge in [0.1, 0.15) is 17.9 Å². The summed E-state index contributed by atoms with van der Waals surface area (Å²) >= 11 is 0. The molecule has 33 heavy (non-hydrogen) atoms. The number of benzene rings is 1. The minimum Gasteiger partial charge on any atom is -0.467 e. The fourth-order valence-corrected chi connectivity index (χ4v) is 3.12. The first-order valence-electron chi connectivity index (χ1n) is 10.6. The Bertz CT molecular complexity index is 1160. The normalized spacial score (nSPS) is 11.3. The number of carbonyl (C=O) groups excluding carboxylic acids is 2. The van der Waals surface area contributed by atoms with Crippen LogP contribution in [0.4, 0.5) is 16.3 Å². The van der Waals surface area contributed by atoms with Crippen molar-refractivity contribution < 1.29 is 19.1 Å². The van der Waals surface area contributed by atoms with Crippen molar-refractivity contribution in [2.24, 2.45) is 0 Å². The Hall–Kier alpha value is -4.19. The number of fused-ring (bicyclic) bond motifs is 1. The highest BCUT2D eigenvalue weighted by molar-refractivity contribution is 5.83. The van der Waals surface area contributed by atoms with Crippen LogP contribution < -0.4 is 10.6 Å². The van der Waals surface area contributed by atoms with E-state index < -0.39 is 18.1 Å². The topological polar surface area (TPSA) is 126 Å². The van der Waals surface area contributed by atoms with Crippen LogP contribution in [0.3, 0.4) is 0 Å². The van der Waals surface area contributed by atoms with Crippen molar-refractivity contribution in [2.75, 3.05) is 19.0 Å². The van der Waals surface area contributed by atoms with Gasteiger partial charge >= 0.3 is 12.1 Å². The van der Waals surface area contributed by atoms with E-state index in [4.69, 9.17) is 9.47 Å². The number of nitrogens with one attached hydrogen (secondary N) is 2. The summed E-state index contributed by atoms with van der Waals surface area (Å²) in [5.41, 5.74) is 2.65. The summed E-state index contributed by atoms with van der Waals surface area (Å²) in [5, 5.41) is 16.0. The molecule has 1 amide bonds. The van der Waals surface area contributed by atoms with E-state index in [0.717, 1.165) is 35.0 Å². The molecule has 0 aliphatic rings. The maximum absolute atomic E-state index is 12.1. The summed E-state index contributed by atoms with van der Waals surface area (Å²) in [6.07, 6.45) is 4.54. The summed E-state index contributed by atoms with van der Waals surface area (Å²) in [7, 11) is 1.27. The molecule has 0 fully saturated rings. The van der Waals surface area contributed by atoms with Crippen LogP contribution in [0.2, 0.25) is 0 Å². The van der Waals surface area contributed by atoms with Gasteiger partial charge < -0.3 is 20.1 Å². The van der Waals surface area contributed by atoms with Gasteiger partial charge in [0.2, 0.25) is 0 Å². The Morgan fingerprint density at radius 2 is 2.00 bits per heavy atom. The number of nitriles is 1. The monoisotopic (exact) mass is 447 g/mol. The van der Waals surface area contributed by atoms with Gasteiger partial charge in [0.05, 0.1) is 24.8 Å². The molecule has 0 saturated carbocycles. The highest BCUT2D eigenvalue weighted by atomic mass is 16.6. The molecule has 0 saturated heterocycles. The molecule has 0 radical (unpaired) electrons. The number of anilines is 2. The maximum Gasteiger partial charge on any atom is 0.407 e. The van der Waals surface area contributed by atoms with Crippen LogP contribution in [0.25, 0.3) is 10.9 Å². The molecule has 0 aliphatic carbocycles. The molecule has 170 valence electrons. The van der Waals surface area contributed by atoms with Crippen molar-refractivity contribution in [1.82, 2.24) is 15.3 Å². The Morgan fingerprint density at radius 1 is 1.21 bits per heavy atom. The fourth-order valence-electron chi connectivity index (χ4n) is 3.12. The summed E-state index contributed by atoms with van der Waals surface area (Å²) in [5.74, 6) is -0.119. The zero-order chi connectivity index (χ0) is 23.6. The van der Waals surface area contributed by atoms with Crippen molar-refractivity contribution in [3.8, 4) is 6.07 Å². The lowest BCUT2D eigenvalue weighted by Crippen LogP contribution is -2.43. The predicted octanol–water partition coefficient (Wildman–Crippen LogP) is 3.86. The number of alkyl carbamates (subject to hydrolysis) is 1. The van der Waals surface area contributed by atoms with E-state index in [-0.39, 0.29) is 6.42 Å². The predicted molar refractivity (Wildman–Crippen MR) is 123 cm³/mol. The fraction of sp³-hybridized carbons (Fsp3) is 0.292. The largest absolute Gasteiger partial charge is 0.467 e. The summed E-state index contributed by atoms with van der Waals surface area (Å²) in [6.45, 7) is 2.28. The average molecular weight is 447 g/mol. The first kappa shape index (κ1) is 23.5. The van der Waals surface area contributed by atoms with Gasteiger partial charge in [-0.15, -0.1) is 0 Å². The van der Waals surface area contributed by atoms with Gasteiger partial charge in [-0.2, -0.15) is 5.26 Å². The molecule has 1 aromatic carbocycles. The number of aromatic nitrogens is 2. The smallest absolute Gasteiger partial charge is 0.407 e. The first-order valence-corrected chi connectivity index (χ1v) is 10.6. The van der Waals surface area contributed by atoms with E-state index in [0.29, 0.717) is 18.0 Å². The summed E-state index contributed by atoms with van der Waals surface area (Å²) in [6, 6.07) is 12.0. The molecular formula is C24H25N5O4. The lowest BCUT2D eigenvalue weighted by atomic mass is 10.1. The minimum atomic E-state index is -0.871. The van der Waals surface area contributed by atoms with Crippen LogP contribution in [0.1, 0.15) is 30.9 Å². The molecule has 9 heteroatoms. The van der Waals surface area contributed by atoms with E-state index in [1.807, 2.05) is 31.2 Å². The molecule has 9 nitrogen and oxygen atoms in total. The van der Waals surface area contributed by atoms with Crippen LogP contribution in [0.5, 0.6) is 0 Å². The molecule has 2 N–H and O–H groups in total. The van der Waals surface area contributed by atoms with Gasteiger partial charge in [-0.3, -0.25) is 4.98 Å². The lowest BCUT2D eigenvalue weighted by molar-refractivity contribution is -0.142. The number of nitrogens with zero attached hydrogens (tertiary/aromatic N) is 3. The number of amides is 1. The molecular weight excluding hydrogens is 422 g/mol. The van der Waals surface area contributed by atoms with Crippen molar-refractivity contribution >= 4 is 34.5 Å². The number of hydrogen-bond donors (Lipinski definition) is 2. The van der Waals surface area contributed by atoms with Gasteiger partial charge in [0.25, 0.3) is 0 Å². The van der Waals surface area contributed by atoms with Gasteiger partial charge in [0, 0.05) is 29.9 Å². The van der Waals surface area contributed by atoms with Gasteiger partial charge in [-0.25, -0.2) is 14.6 Å². The maximum atomic E-state index is 12.1. The third-order valence-corrected chi connectivity index (χ3v) is 4.90. The van der Waals surface area contributed by atoms with Crippen LogP contribution >= 0.6 is 0 Å². The second-order valence-electron chi connectivity index (χ2n) is 7.30. The van der Waals surface area contributed by atoms with Crippen molar-refractivity contribution in [2.45, 2.75) is 32.2 Å². The number of pyridine rings is 2. The third kappa shape index (κ3) is 6.40. The van der Waals surface area contributed by atoms with Crippen LogP contribution in [0, 0.1) is 11.3 Å². The number of unbranched alkanes of at least 4 members (excludes halogenated alkanes) is 1. The van der Waals surface area contributed by atoms with Crippen molar-refractivity contribution in [3.63, 3.8) is 0 Å². The zero-order valence-corrected chi connectivity index (χ0v) is 18.5. The van der Waals surface area contributed by atoms with Crippen LogP contribution in [-0.4, -0.2) is 41.8 Å². The molecule has 2 heterocycles. The van der Waals surface area contributed by atoms with Crippen molar-refractivity contribution in [1.29, 1.82) is 5.26 Å². The molecule has 3 rings (SSSR count). The second-order valence-corrected chi connectivity index (χ2v) is 7.30. The molecule has 3 aromatic rings. The Balaban J connectivity index is 1.70. The molecule has 0 spiro atoms. The number of methoxy groups -OCH3 is 1. The number of ether oxygens (including phenoxy) is 2. The summed E-state index contributed by atoms with van der Waals surface area (Å²) in [4.78, 5) is 32.6. The van der Waals surface area contributed by atoms with Crippen LogP contribution in [0.15, 0.2) is 48.8 Å². The Kier molecular flexibility index (Phi) is 8.13. The molecule has 0 aliphatic heterocycles. The molecule has 0 bridgehead atoms. The zero-order valence-electron chi connectivity index (χ0n) is 18.5. The highest BCUT2D eigenvalue weighted by Crippen LogP contribution is 2.23. The van der Waals surface area contributed by atoms with Crippen molar-refractivity contribution in [3.05, 3.63) is 59.9 Å². The summed E-state index contributed by atoms with van der Waals surface area (Å²) < 4.78 is 9.89. The number of esters is 1. The second kappa shape index (κ2) is 11.4. The number of rotatable bonds is 9. The average Bonchev–Trinajstić information content (AvgIpc) is 2.84. The van der Waals surface area contributed by atoms with Crippen LogP contribution in [-0.2, 0) is 20.7 Å². The third-order valence-electron chi connectivity index (χ3n) is 4.90. The molecule has 1 unspecified atom stereocenters. The van der Waals surface area contributed by atoms with E-state index >= 15 is 0 Å². The quantitative estimate of drug-likeness (QED) is 0.374. The number of carbonyl (C=O) groups is 2. The van der Waals surface area contributed by atoms with Gasteiger partial charge in [-0.1, -0.05) is 25.5 Å². The highest BCUT2D eigenvalue weighted by Gasteiger charge is 2.22. The lowest BCUT2D eigenvalue weighted by Gasteiger charge is -2.17. The Morgan fingerprint density at radius 3 is 2.70 bits per heavy atom. The van der Waals surface area contributed by atoms with E-state index in [2.05, 4.69) is 26.7 Å². The minimum absolute atomic E-state index is 0.237.